The van der Waals surface area contributed by atoms with Crippen molar-refractivity contribution in [2.75, 3.05) is 0 Å². The molecule has 0 saturated heterocycles. The second kappa shape index (κ2) is 6.89. The Morgan fingerprint density at radius 3 is 2.54 bits per heavy atom. The van der Waals surface area contributed by atoms with Crippen molar-refractivity contribution in [1.82, 2.24) is 10.3 Å². The number of amides is 1. The number of nitrogens with zero attached hydrogens (tertiary/aromatic N) is 1. The first-order valence-corrected chi connectivity index (χ1v) is 7.98. The smallest absolute Gasteiger partial charge is 0.273 e. The van der Waals surface area contributed by atoms with E-state index in [1.54, 1.807) is 13.0 Å². The topological polar surface area (TPSA) is 55.1 Å². The van der Waals surface area contributed by atoms with E-state index < -0.39 is 0 Å². The van der Waals surface area contributed by atoms with Crippen molar-refractivity contribution >= 4 is 17.5 Å². The van der Waals surface area contributed by atoms with Gasteiger partial charge in [0.05, 0.1) is 10.6 Å². The Kier molecular flexibility index (Phi) is 4.67. The van der Waals surface area contributed by atoms with Gasteiger partial charge in [-0.2, -0.15) is 0 Å². The SMILES string of the molecule is Cc1ccc(CNC(=O)c2nc(-c3ccccc3Cl)oc2C)cc1. The highest BCUT2D eigenvalue weighted by Crippen LogP contribution is 2.28. The Balaban J connectivity index is 1.76. The summed E-state index contributed by atoms with van der Waals surface area (Å²) in [7, 11) is 0. The minimum absolute atomic E-state index is 0.268. The van der Waals surface area contributed by atoms with E-state index in [0.29, 0.717) is 28.8 Å². The average molecular weight is 341 g/mol. The van der Waals surface area contributed by atoms with Crippen LogP contribution in [0.4, 0.5) is 0 Å². The molecule has 0 atom stereocenters. The zero-order valence-corrected chi connectivity index (χ0v) is 14.2. The van der Waals surface area contributed by atoms with Crippen molar-refractivity contribution < 1.29 is 9.21 Å². The summed E-state index contributed by atoms with van der Waals surface area (Å²) >= 11 is 6.15. The number of aromatic nitrogens is 1. The molecule has 4 nitrogen and oxygen atoms in total. The van der Waals surface area contributed by atoms with Gasteiger partial charge in [0.2, 0.25) is 5.89 Å². The van der Waals surface area contributed by atoms with Crippen LogP contribution >= 0.6 is 11.6 Å². The summed E-state index contributed by atoms with van der Waals surface area (Å²) in [6.07, 6.45) is 0. The first kappa shape index (κ1) is 16.3. The summed E-state index contributed by atoms with van der Waals surface area (Å²) in [5.74, 6) is 0.542. The van der Waals surface area contributed by atoms with Gasteiger partial charge >= 0.3 is 0 Å². The number of oxazole rings is 1. The lowest BCUT2D eigenvalue weighted by Gasteiger charge is -2.04. The van der Waals surface area contributed by atoms with Crippen molar-refractivity contribution in [3.63, 3.8) is 0 Å². The third kappa shape index (κ3) is 3.49. The summed E-state index contributed by atoms with van der Waals surface area (Å²) in [6.45, 7) is 4.18. The fourth-order valence-electron chi connectivity index (χ4n) is 2.33. The van der Waals surface area contributed by atoms with E-state index in [4.69, 9.17) is 16.0 Å². The van der Waals surface area contributed by atoms with Crippen LogP contribution in [0.1, 0.15) is 27.4 Å². The van der Waals surface area contributed by atoms with E-state index in [1.165, 1.54) is 5.56 Å². The summed E-state index contributed by atoms with van der Waals surface area (Å²) in [5, 5.41) is 3.39. The van der Waals surface area contributed by atoms with E-state index in [-0.39, 0.29) is 11.6 Å². The maximum Gasteiger partial charge on any atom is 0.273 e. The molecule has 0 bridgehead atoms. The van der Waals surface area contributed by atoms with Gasteiger partial charge in [-0.25, -0.2) is 4.98 Å². The van der Waals surface area contributed by atoms with Crippen molar-refractivity contribution in [2.45, 2.75) is 20.4 Å². The van der Waals surface area contributed by atoms with Crippen LogP contribution in [-0.4, -0.2) is 10.9 Å². The number of aryl methyl sites for hydroxylation is 2. The first-order valence-electron chi connectivity index (χ1n) is 7.60. The minimum Gasteiger partial charge on any atom is -0.441 e. The normalized spacial score (nSPS) is 10.6. The highest BCUT2D eigenvalue weighted by atomic mass is 35.5. The van der Waals surface area contributed by atoms with Crippen molar-refractivity contribution in [3.8, 4) is 11.5 Å². The Hall–Kier alpha value is -2.59. The summed E-state index contributed by atoms with van der Waals surface area (Å²) in [6, 6.07) is 15.2. The van der Waals surface area contributed by atoms with Gasteiger partial charge in [0, 0.05) is 6.54 Å². The maximum absolute atomic E-state index is 12.4. The van der Waals surface area contributed by atoms with Gasteiger partial charge in [-0.3, -0.25) is 4.79 Å². The molecule has 0 spiro atoms. The number of rotatable bonds is 4. The monoisotopic (exact) mass is 340 g/mol. The maximum atomic E-state index is 12.4. The highest BCUT2D eigenvalue weighted by Gasteiger charge is 2.19. The molecule has 0 aliphatic rings. The molecular formula is C19H17ClN2O2. The molecule has 2 aromatic carbocycles. The van der Waals surface area contributed by atoms with Gasteiger partial charge in [0.1, 0.15) is 5.76 Å². The van der Waals surface area contributed by atoms with Crippen molar-refractivity contribution in [3.05, 3.63) is 76.1 Å². The van der Waals surface area contributed by atoms with Crippen LogP contribution in [-0.2, 0) is 6.54 Å². The molecule has 0 radical (unpaired) electrons. The number of carbonyl (C=O) groups is 1. The van der Waals surface area contributed by atoms with Gasteiger partial charge in [0.15, 0.2) is 5.69 Å². The lowest BCUT2D eigenvalue weighted by molar-refractivity contribution is 0.0945. The second-order valence-corrected chi connectivity index (χ2v) is 5.98. The zero-order chi connectivity index (χ0) is 17.1. The first-order chi connectivity index (χ1) is 11.5. The van der Waals surface area contributed by atoms with Crippen LogP contribution in [0.3, 0.4) is 0 Å². The zero-order valence-electron chi connectivity index (χ0n) is 13.5. The second-order valence-electron chi connectivity index (χ2n) is 5.57. The van der Waals surface area contributed by atoms with E-state index in [1.807, 2.05) is 49.4 Å². The van der Waals surface area contributed by atoms with Gasteiger partial charge < -0.3 is 9.73 Å². The quantitative estimate of drug-likeness (QED) is 0.758. The number of hydrogen-bond acceptors (Lipinski definition) is 3. The fraction of sp³-hybridized carbons (Fsp3) is 0.158. The molecule has 5 heteroatoms. The molecule has 1 aromatic heterocycles. The average Bonchev–Trinajstić information content (AvgIpc) is 2.96. The molecule has 1 heterocycles. The van der Waals surface area contributed by atoms with Gasteiger partial charge in [0.25, 0.3) is 5.91 Å². The molecule has 3 aromatic rings. The third-order valence-corrected chi connectivity index (χ3v) is 4.02. The molecule has 122 valence electrons. The van der Waals surface area contributed by atoms with Crippen LogP contribution in [0.25, 0.3) is 11.5 Å². The minimum atomic E-state index is -0.268. The molecule has 1 N–H and O–H groups in total. The lowest BCUT2D eigenvalue weighted by Crippen LogP contribution is -2.23. The van der Waals surface area contributed by atoms with Crippen LogP contribution in [0.5, 0.6) is 0 Å². The van der Waals surface area contributed by atoms with Crippen molar-refractivity contribution in [1.29, 1.82) is 0 Å². The lowest BCUT2D eigenvalue weighted by atomic mass is 10.1. The van der Waals surface area contributed by atoms with Gasteiger partial charge in [-0.15, -0.1) is 0 Å². The largest absolute Gasteiger partial charge is 0.441 e. The van der Waals surface area contributed by atoms with Crippen LogP contribution in [0.2, 0.25) is 5.02 Å². The molecule has 0 fully saturated rings. The Morgan fingerprint density at radius 2 is 1.83 bits per heavy atom. The Morgan fingerprint density at radius 1 is 1.12 bits per heavy atom. The molecule has 1 amide bonds. The van der Waals surface area contributed by atoms with E-state index in [0.717, 1.165) is 5.56 Å². The van der Waals surface area contributed by atoms with Crippen LogP contribution in [0, 0.1) is 13.8 Å². The number of nitrogens with one attached hydrogen (secondary N) is 1. The Labute approximate surface area is 145 Å². The third-order valence-electron chi connectivity index (χ3n) is 3.69. The molecule has 0 aliphatic heterocycles. The van der Waals surface area contributed by atoms with E-state index in [9.17, 15) is 4.79 Å². The summed E-state index contributed by atoms with van der Waals surface area (Å²) in [4.78, 5) is 16.7. The Bertz CT molecular complexity index is 869. The van der Waals surface area contributed by atoms with Crippen LogP contribution < -0.4 is 5.32 Å². The van der Waals surface area contributed by atoms with Gasteiger partial charge in [-0.05, 0) is 31.5 Å². The molecule has 24 heavy (non-hydrogen) atoms. The molecule has 3 rings (SSSR count). The molecule has 0 saturated carbocycles. The van der Waals surface area contributed by atoms with Gasteiger partial charge in [-0.1, -0.05) is 53.6 Å². The highest BCUT2D eigenvalue weighted by molar-refractivity contribution is 6.33. The summed E-state index contributed by atoms with van der Waals surface area (Å²) in [5.41, 5.74) is 3.15. The number of benzene rings is 2. The predicted octanol–water partition coefficient (Wildman–Crippen LogP) is 4.54. The molecule has 0 aliphatic carbocycles. The molecule has 0 unspecified atom stereocenters. The fourth-order valence-corrected chi connectivity index (χ4v) is 2.55. The predicted molar refractivity (Wildman–Crippen MR) is 94.0 cm³/mol. The number of carbonyl (C=O) groups excluding carboxylic acids is 1. The van der Waals surface area contributed by atoms with Crippen molar-refractivity contribution in [2.24, 2.45) is 0 Å². The van der Waals surface area contributed by atoms with Crippen LogP contribution in [0.15, 0.2) is 52.9 Å². The summed E-state index contributed by atoms with van der Waals surface area (Å²) < 4.78 is 5.61. The molecular weight excluding hydrogens is 324 g/mol. The van der Waals surface area contributed by atoms with E-state index in [2.05, 4.69) is 10.3 Å². The standard InChI is InChI=1S/C19H17ClN2O2/c1-12-7-9-14(10-8-12)11-21-18(23)17-13(2)24-19(22-17)15-5-3-4-6-16(15)20/h3-10H,11H2,1-2H3,(H,21,23). The van der Waals surface area contributed by atoms with E-state index >= 15 is 0 Å². The number of hydrogen-bond donors (Lipinski definition) is 1. The number of halogens is 1.